The molecule has 0 unspecified atom stereocenters. The monoisotopic (exact) mass is 299 g/mol. The van der Waals surface area contributed by atoms with Crippen LogP contribution in [0.2, 0.25) is 5.02 Å². The lowest BCUT2D eigenvalue weighted by atomic mass is 10.2. The number of hydrogen-bond acceptors (Lipinski definition) is 4. The van der Waals surface area contributed by atoms with Gasteiger partial charge in [0.1, 0.15) is 5.82 Å². The lowest BCUT2D eigenvalue weighted by molar-refractivity contribution is 0.0697. The number of fused-ring (bicyclic) bond motifs is 1. The van der Waals surface area contributed by atoms with E-state index >= 15 is 0 Å². The van der Waals surface area contributed by atoms with E-state index in [1.165, 1.54) is 12.3 Å². The minimum atomic E-state index is -1.10. The van der Waals surface area contributed by atoms with Gasteiger partial charge in [0, 0.05) is 11.6 Å². The zero-order chi connectivity index (χ0) is 14.8. The van der Waals surface area contributed by atoms with Gasteiger partial charge in [0.2, 0.25) is 0 Å². The number of anilines is 2. The molecule has 0 fully saturated rings. The highest BCUT2D eigenvalue weighted by Crippen LogP contribution is 2.22. The smallest absolute Gasteiger partial charge is 0.337 e. The highest BCUT2D eigenvalue weighted by molar-refractivity contribution is 6.33. The predicted octanol–water partition coefficient (Wildman–Crippen LogP) is 3.73. The fraction of sp³-hybridized carbons (Fsp3) is 0. The van der Waals surface area contributed by atoms with Crippen LogP contribution in [0.4, 0.5) is 11.5 Å². The van der Waals surface area contributed by atoms with Gasteiger partial charge in [-0.1, -0.05) is 29.8 Å². The Morgan fingerprint density at radius 1 is 1.14 bits per heavy atom. The summed E-state index contributed by atoms with van der Waals surface area (Å²) in [5.74, 6) is -0.698. The summed E-state index contributed by atoms with van der Waals surface area (Å²) in [4.78, 5) is 19.4. The van der Waals surface area contributed by atoms with Crippen molar-refractivity contribution in [3.63, 3.8) is 0 Å². The molecule has 0 aliphatic heterocycles. The van der Waals surface area contributed by atoms with Gasteiger partial charge >= 0.3 is 5.97 Å². The molecule has 104 valence electrons. The second-order valence-corrected chi connectivity index (χ2v) is 4.80. The van der Waals surface area contributed by atoms with Crippen molar-refractivity contribution in [2.45, 2.75) is 0 Å². The molecule has 21 heavy (non-hydrogen) atoms. The Kier molecular flexibility index (Phi) is 3.41. The largest absolute Gasteiger partial charge is 0.478 e. The van der Waals surface area contributed by atoms with Crippen LogP contribution in [0.3, 0.4) is 0 Å². The second kappa shape index (κ2) is 5.38. The number of carboxylic acids is 1. The van der Waals surface area contributed by atoms with E-state index in [4.69, 9.17) is 16.7 Å². The van der Waals surface area contributed by atoms with Crippen molar-refractivity contribution in [2.24, 2.45) is 0 Å². The van der Waals surface area contributed by atoms with Crippen molar-refractivity contribution in [1.82, 2.24) is 9.97 Å². The minimum Gasteiger partial charge on any atom is -0.478 e. The zero-order valence-corrected chi connectivity index (χ0v) is 11.5. The van der Waals surface area contributed by atoms with Crippen molar-refractivity contribution in [2.75, 3.05) is 5.32 Å². The van der Waals surface area contributed by atoms with E-state index in [0.29, 0.717) is 5.82 Å². The molecule has 0 atom stereocenters. The molecule has 5 nitrogen and oxygen atoms in total. The number of hydrogen-bond donors (Lipinski definition) is 2. The lowest BCUT2D eigenvalue weighted by Gasteiger charge is -2.07. The lowest BCUT2D eigenvalue weighted by Crippen LogP contribution is -2.01. The number of para-hydroxylation sites is 1. The Morgan fingerprint density at radius 2 is 1.95 bits per heavy atom. The second-order valence-electron chi connectivity index (χ2n) is 4.40. The average molecular weight is 300 g/mol. The Morgan fingerprint density at radius 3 is 2.76 bits per heavy atom. The molecule has 3 rings (SSSR count). The summed E-state index contributed by atoms with van der Waals surface area (Å²) in [6, 6.07) is 11.0. The van der Waals surface area contributed by atoms with Crippen LogP contribution in [0.5, 0.6) is 0 Å². The van der Waals surface area contributed by atoms with E-state index in [2.05, 4.69) is 15.3 Å². The SMILES string of the molecule is O=C(O)c1cc(Nc2cnc3ccccc3c2)ncc1Cl. The fourth-order valence-electron chi connectivity index (χ4n) is 1.96. The van der Waals surface area contributed by atoms with E-state index in [1.807, 2.05) is 30.3 Å². The number of aromatic carboxylic acids is 1. The van der Waals surface area contributed by atoms with Crippen LogP contribution in [-0.2, 0) is 0 Å². The third kappa shape index (κ3) is 2.78. The third-order valence-electron chi connectivity index (χ3n) is 2.95. The van der Waals surface area contributed by atoms with E-state index in [0.717, 1.165) is 16.6 Å². The third-order valence-corrected chi connectivity index (χ3v) is 3.25. The summed E-state index contributed by atoms with van der Waals surface area (Å²) >= 11 is 5.79. The first kappa shape index (κ1) is 13.3. The van der Waals surface area contributed by atoms with Gasteiger partial charge in [-0.25, -0.2) is 9.78 Å². The van der Waals surface area contributed by atoms with Crippen LogP contribution < -0.4 is 5.32 Å². The molecular formula is C15H10ClN3O2. The number of benzene rings is 1. The highest BCUT2D eigenvalue weighted by atomic mass is 35.5. The number of aromatic nitrogens is 2. The maximum Gasteiger partial charge on any atom is 0.337 e. The van der Waals surface area contributed by atoms with Gasteiger partial charge < -0.3 is 10.4 Å². The highest BCUT2D eigenvalue weighted by Gasteiger charge is 2.10. The molecule has 0 aliphatic carbocycles. The fourth-order valence-corrected chi connectivity index (χ4v) is 2.14. The Bertz CT molecular complexity index is 836. The Labute approximate surface area is 125 Å². The number of rotatable bonds is 3. The van der Waals surface area contributed by atoms with Crippen molar-refractivity contribution < 1.29 is 9.90 Å². The minimum absolute atomic E-state index is 0.00270. The summed E-state index contributed by atoms with van der Waals surface area (Å²) in [7, 11) is 0. The van der Waals surface area contributed by atoms with E-state index < -0.39 is 5.97 Å². The van der Waals surface area contributed by atoms with Crippen LogP contribution in [-0.4, -0.2) is 21.0 Å². The van der Waals surface area contributed by atoms with Crippen LogP contribution >= 0.6 is 11.6 Å². The summed E-state index contributed by atoms with van der Waals surface area (Å²) in [6.45, 7) is 0. The number of nitrogens with zero attached hydrogens (tertiary/aromatic N) is 2. The van der Waals surface area contributed by atoms with Gasteiger partial charge in [-0.05, 0) is 18.2 Å². The molecule has 0 spiro atoms. The maximum atomic E-state index is 11.0. The number of nitrogens with one attached hydrogen (secondary N) is 1. The van der Waals surface area contributed by atoms with Gasteiger partial charge in [0.15, 0.2) is 0 Å². The standard InChI is InChI=1S/C15H10ClN3O2/c16-12-8-18-14(6-11(12)15(20)21)19-10-5-9-3-1-2-4-13(9)17-7-10/h1-8H,(H,18,19)(H,20,21). The van der Waals surface area contributed by atoms with Gasteiger partial charge in [-0.2, -0.15) is 0 Å². The molecular weight excluding hydrogens is 290 g/mol. The Balaban J connectivity index is 1.94. The molecule has 2 N–H and O–H groups in total. The molecule has 0 amide bonds. The average Bonchev–Trinajstić information content (AvgIpc) is 2.49. The summed E-state index contributed by atoms with van der Waals surface area (Å²) < 4.78 is 0. The van der Waals surface area contributed by atoms with Gasteiger partial charge in [0.05, 0.1) is 28.0 Å². The number of halogens is 1. The van der Waals surface area contributed by atoms with Crippen LogP contribution in [0.1, 0.15) is 10.4 Å². The van der Waals surface area contributed by atoms with E-state index in [1.54, 1.807) is 6.20 Å². The number of pyridine rings is 2. The van der Waals surface area contributed by atoms with E-state index in [-0.39, 0.29) is 10.6 Å². The first-order chi connectivity index (χ1) is 10.1. The van der Waals surface area contributed by atoms with E-state index in [9.17, 15) is 4.79 Å². The maximum absolute atomic E-state index is 11.0. The molecule has 2 heterocycles. The quantitative estimate of drug-likeness (QED) is 0.771. The summed E-state index contributed by atoms with van der Waals surface area (Å²) in [6.07, 6.45) is 2.97. The van der Waals surface area contributed by atoms with Crippen LogP contribution in [0.25, 0.3) is 10.9 Å². The predicted molar refractivity (Wildman–Crippen MR) is 81.2 cm³/mol. The molecule has 0 aliphatic rings. The zero-order valence-electron chi connectivity index (χ0n) is 10.7. The molecule has 2 aromatic heterocycles. The molecule has 0 radical (unpaired) electrons. The van der Waals surface area contributed by atoms with Crippen molar-refractivity contribution in [3.8, 4) is 0 Å². The normalized spacial score (nSPS) is 10.5. The first-order valence-electron chi connectivity index (χ1n) is 6.14. The first-order valence-corrected chi connectivity index (χ1v) is 6.52. The number of carboxylic acid groups (broad SMARTS) is 1. The molecule has 0 bridgehead atoms. The van der Waals surface area contributed by atoms with Gasteiger partial charge in [0.25, 0.3) is 0 Å². The topological polar surface area (TPSA) is 75.1 Å². The Hall–Kier alpha value is -2.66. The van der Waals surface area contributed by atoms with Crippen LogP contribution in [0.15, 0.2) is 48.8 Å². The van der Waals surface area contributed by atoms with Gasteiger partial charge in [-0.15, -0.1) is 0 Å². The van der Waals surface area contributed by atoms with Gasteiger partial charge in [-0.3, -0.25) is 4.98 Å². The molecule has 3 aromatic rings. The summed E-state index contributed by atoms with van der Waals surface area (Å²) in [5, 5.41) is 13.2. The molecule has 0 saturated carbocycles. The summed E-state index contributed by atoms with van der Waals surface area (Å²) in [5.41, 5.74) is 1.61. The molecule has 1 aromatic carbocycles. The molecule has 6 heteroatoms. The van der Waals surface area contributed by atoms with Crippen molar-refractivity contribution >= 4 is 40.0 Å². The van der Waals surface area contributed by atoms with Crippen LogP contribution in [0, 0.1) is 0 Å². The van der Waals surface area contributed by atoms with Crippen molar-refractivity contribution in [1.29, 1.82) is 0 Å². The number of carbonyl (C=O) groups is 1. The van der Waals surface area contributed by atoms with Crippen molar-refractivity contribution in [3.05, 3.63) is 59.4 Å². The molecule has 0 saturated heterocycles.